The Morgan fingerprint density at radius 1 is 1.09 bits per heavy atom. The first-order valence-corrected chi connectivity index (χ1v) is 11.0. The molecule has 0 saturated heterocycles. The summed E-state index contributed by atoms with van der Waals surface area (Å²) < 4.78 is 7.13. The van der Waals surface area contributed by atoms with Crippen molar-refractivity contribution >= 4 is 34.3 Å². The number of carbonyl (C=O) groups excluding carboxylic acids is 1. The molecular formula is C25H18N4O2S. The molecule has 7 heteroatoms. The Morgan fingerprint density at radius 2 is 1.88 bits per heavy atom. The van der Waals surface area contributed by atoms with Crippen molar-refractivity contribution in [2.45, 2.75) is 6.04 Å². The van der Waals surface area contributed by atoms with Crippen LogP contribution in [0.1, 0.15) is 22.1 Å². The molecule has 0 aliphatic rings. The Balaban J connectivity index is 1.56. The first-order valence-electron chi connectivity index (χ1n) is 10.1. The van der Waals surface area contributed by atoms with Gasteiger partial charge in [-0.05, 0) is 34.2 Å². The van der Waals surface area contributed by atoms with Crippen molar-refractivity contribution in [3.05, 3.63) is 96.5 Å². The molecule has 156 valence electrons. The second-order valence-corrected chi connectivity index (χ2v) is 8.07. The van der Waals surface area contributed by atoms with Gasteiger partial charge in [0.2, 0.25) is 0 Å². The summed E-state index contributed by atoms with van der Waals surface area (Å²) in [6, 6.07) is 23.4. The lowest BCUT2D eigenvalue weighted by Gasteiger charge is -2.18. The molecule has 1 atom stereocenters. The van der Waals surface area contributed by atoms with Gasteiger partial charge in [0.05, 0.1) is 6.04 Å². The summed E-state index contributed by atoms with van der Waals surface area (Å²) >= 11 is 1.11. The van der Waals surface area contributed by atoms with Gasteiger partial charge in [-0.25, -0.2) is 0 Å². The molecule has 0 radical (unpaired) electrons. The number of thiocyanates is 1. The maximum Gasteiger partial charge on any atom is 0.306 e. The fraction of sp³-hybridized carbons (Fsp3) is 0.0800. The minimum absolute atomic E-state index is 0.283. The van der Waals surface area contributed by atoms with E-state index in [1.807, 2.05) is 72.8 Å². The van der Waals surface area contributed by atoms with Crippen molar-refractivity contribution in [2.24, 2.45) is 0 Å². The van der Waals surface area contributed by atoms with Crippen LogP contribution in [-0.2, 0) is 0 Å². The lowest BCUT2D eigenvalue weighted by atomic mass is 10.0. The number of nitriles is 1. The lowest BCUT2D eigenvalue weighted by molar-refractivity contribution is 0.0935. The molecule has 6 nitrogen and oxygen atoms in total. The molecule has 2 heterocycles. The number of aromatic nitrogens is 2. The predicted molar refractivity (Wildman–Crippen MR) is 125 cm³/mol. The van der Waals surface area contributed by atoms with Crippen molar-refractivity contribution in [3.63, 3.8) is 0 Å². The second kappa shape index (κ2) is 8.61. The number of hydrogen-bond acceptors (Lipinski definition) is 5. The minimum Gasteiger partial charge on any atom is -0.432 e. The molecule has 0 bridgehead atoms. The monoisotopic (exact) mass is 438 g/mol. The van der Waals surface area contributed by atoms with E-state index in [9.17, 15) is 4.79 Å². The highest BCUT2D eigenvalue weighted by Gasteiger charge is 2.25. The second-order valence-electron chi connectivity index (χ2n) is 7.27. The van der Waals surface area contributed by atoms with E-state index in [1.165, 1.54) is 6.26 Å². The molecule has 5 aromatic rings. The van der Waals surface area contributed by atoms with Crippen LogP contribution in [-0.4, -0.2) is 21.0 Å². The molecule has 32 heavy (non-hydrogen) atoms. The molecule has 0 spiro atoms. The standard InChI is InChI=1S/C25H18N4O2S/c26-16-32-15-21(18-7-2-1-3-8-18)27-24(30)23-22(28-25-29(23)12-13-31-25)20-11-10-17-6-4-5-9-19(17)14-20/h1-14,21H,15H2,(H,27,30). The van der Waals surface area contributed by atoms with E-state index in [0.29, 0.717) is 23.0 Å². The quantitative estimate of drug-likeness (QED) is 0.357. The van der Waals surface area contributed by atoms with E-state index in [4.69, 9.17) is 9.68 Å². The molecule has 1 unspecified atom stereocenters. The van der Waals surface area contributed by atoms with Crippen LogP contribution in [0.15, 0.2) is 89.7 Å². The summed E-state index contributed by atoms with van der Waals surface area (Å²) in [4.78, 5) is 18.1. The molecule has 0 aliphatic carbocycles. The molecule has 0 aliphatic heterocycles. The van der Waals surface area contributed by atoms with Gasteiger partial charge in [-0.1, -0.05) is 66.7 Å². The van der Waals surface area contributed by atoms with Crippen molar-refractivity contribution in [1.29, 1.82) is 5.26 Å². The zero-order valence-corrected chi connectivity index (χ0v) is 17.8. The van der Waals surface area contributed by atoms with Crippen LogP contribution in [0.25, 0.3) is 27.9 Å². The number of carbonyl (C=O) groups is 1. The van der Waals surface area contributed by atoms with Crippen LogP contribution < -0.4 is 5.32 Å². The van der Waals surface area contributed by atoms with Crippen LogP contribution in [0.3, 0.4) is 0 Å². The fourth-order valence-electron chi connectivity index (χ4n) is 3.79. The Kier molecular flexibility index (Phi) is 5.36. The zero-order valence-electron chi connectivity index (χ0n) is 16.9. The number of thioether (sulfide) groups is 1. The average molecular weight is 439 g/mol. The van der Waals surface area contributed by atoms with E-state index in [0.717, 1.165) is 33.7 Å². The Bertz CT molecular complexity index is 1450. The minimum atomic E-state index is -0.324. The first-order chi connectivity index (χ1) is 15.7. The topological polar surface area (TPSA) is 83.3 Å². The van der Waals surface area contributed by atoms with E-state index in [1.54, 1.807) is 10.6 Å². The van der Waals surface area contributed by atoms with Crippen LogP contribution in [0.2, 0.25) is 0 Å². The summed E-state index contributed by atoms with van der Waals surface area (Å²) in [5.74, 6) is 0.501. The predicted octanol–water partition coefficient (Wildman–Crippen LogP) is 5.43. The van der Waals surface area contributed by atoms with Gasteiger partial charge < -0.3 is 9.73 Å². The maximum atomic E-state index is 13.5. The van der Waals surface area contributed by atoms with Crippen molar-refractivity contribution in [1.82, 2.24) is 14.7 Å². The molecule has 1 amide bonds. The number of benzene rings is 3. The van der Waals surface area contributed by atoms with E-state index in [-0.39, 0.29) is 11.9 Å². The SMILES string of the molecule is N#CSCC(NC(=O)c1c(-c2ccc3ccccc3c2)nc2occn12)c1ccccc1. The number of amides is 1. The normalized spacial score (nSPS) is 12.0. The van der Waals surface area contributed by atoms with Crippen molar-refractivity contribution in [2.75, 3.05) is 5.75 Å². The van der Waals surface area contributed by atoms with Crippen LogP contribution in [0.4, 0.5) is 0 Å². The lowest BCUT2D eigenvalue weighted by Crippen LogP contribution is -2.31. The molecule has 1 N–H and O–H groups in total. The number of rotatable bonds is 6. The summed E-state index contributed by atoms with van der Waals surface area (Å²) in [5, 5.41) is 16.4. The van der Waals surface area contributed by atoms with Gasteiger partial charge in [-0.3, -0.25) is 9.20 Å². The zero-order chi connectivity index (χ0) is 21.9. The smallest absolute Gasteiger partial charge is 0.306 e. The number of fused-ring (bicyclic) bond motifs is 2. The van der Waals surface area contributed by atoms with Gasteiger partial charge in [0.25, 0.3) is 5.91 Å². The highest BCUT2D eigenvalue weighted by atomic mass is 32.2. The number of imidazole rings is 1. The van der Waals surface area contributed by atoms with Gasteiger partial charge in [0, 0.05) is 17.5 Å². The maximum absolute atomic E-state index is 13.5. The first kappa shape index (κ1) is 19.9. The number of hydrogen-bond donors (Lipinski definition) is 1. The van der Waals surface area contributed by atoms with Gasteiger partial charge in [0.15, 0.2) is 0 Å². The van der Waals surface area contributed by atoms with E-state index in [2.05, 4.69) is 15.7 Å². The Labute approximate surface area is 188 Å². The largest absolute Gasteiger partial charge is 0.432 e. The van der Waals surface area contributed by atoms with Gasteiger partial charge in [-0.2, -0.15) is 10.2 Å². The summed E-state index contributed by atoms with van der Waals surface area (Å²) in [6.07, 6.45) is 3.19. The molecule has 2 aromatic heterocycles. The molecule has 3 aromatic carbocycles. The third-order valence-electron chi connectivity index (χ3n) is 5.32. The fourth-order valence-corrected chi connectivity index (χ4v) is 4.31. The van der Waals surface area contributed by atoms with Crippen LogP contribution in [0.5, 0.6) is 0 Å². The average Bonchev–Trinajstić information content (AvgIpc) is 3.43. The molecule has 0 fully saturated rings. The number of nitrogens with zero attached hydrogens (tertiary/aromatic N) is 3. The summed E-state index contributed by atoms with van der Waals surface area (Å²) in [7, 11) is 0. The number of oxazole rings is 1. The van der Waals surface area contributed by atoms with Gasteiger partial charge in [-0.15, -0.1) is 0 Å². The van der Waals surface area contributed by atoms with Gasteiger partial charge in [0.1, 0.15) is 23.1 Å². The third-order valence-corrected chi connectivity index (χ3v) is 5.95. The highest BCUT2D eigenvalue weighted by molar-refractivity contribution is 8.03. The molecule has 0 saturated carbocycles. The van der Waals surface area contributed by atoms with Gasteiger partial charge >= 0.3 is 5.84 Å². The van der Waals surface area contributed by atoms with Crippen LogP contribution >= 0.6 is 11.8 Å². The molecule has 5 rings (SSSR count). The van der Waals surface area contributed by atoms with Crippen molar-refractivity contribution < 1.29 is 9.21 Å². The molecular weight excluding hydrogens is 420 g/mol. The van der Waals surface area contributed by atoms with E-state index >= 15 is 0 Å². The Hall–Kier alpha value is -4.02. The van der Waals surface area contributed by atoms with Crippen LogP contribution in [0, 0.1) is 10.7 Å². The summed E-state index contributed by atoms with van der Waals surface area (Å²) in [5.41, 5.74) is 2.71. The number of nitrogens with one attached hydrogen (secondary N) is 1. The summed E-state index contributed by atoms with van der Waals surface area (Å²) in [6.45, 7) is 0. The third kappa shape index (κ3) is 3.72. The van der Waals surface area contributed by atoms with Crippen molar-refractivity contribution in [3.8, 4) is 16.7 Å². The highest BCUT2D eigenvalue weighted by Crippen LogP contribution is 2.29. The van der Waals surface area contributed by atoms with E-state index < -0.39 is 0 Å². The Morgan fingerprint density at radius 3 is 2.69 bits per heavy atom.